The fourth-order valence-electron chi connectivity index (χ4n) is 2.42. The highest BCUT2D eigenvalue weighted by molar-refractivity contribution is 6.39. The number of amides is 2. The van der Waals surface area contributed by atoms with Crippen LogP contribution in [0.4, 0.5) is 5.69 Å². The molecule has 0 radical (unpaired) electrons. The first-order valence-corrected chi connectivity index (χ1v) is 7.28. The van der Waals surface area contributed by atoms with E-state index in [0.717, 1.165) is 16.8 Å². The normalized spacial score (nSPS) is 15.1. The Bertz CT molecular complexity index is 534. The van der Waals surface area contributed by atoms with Gasteiger partial charge in [-0.15, -0.1) is 0 Å². The maximum absolute atomic E-state index is 12.2. The Morgan fingerprint density at radius 2 is 1.90 bits per heavy atom. The predicted molar refractivity (Wildman–Crippen MR) is 81.3 cm³/mol. The molecule has 1 aliphatic heterocycles. The fourth-order valence-corrected chi connectivity index (χ4v) is 2.42. The van der Waals surface area contributed by atoms with Crippen LogP contribution in [0.5, 0.6) is 0 Å². The smallest absolute Gasteiger partial charge is 0.313 e. The van der Waals surface area contributed by atoms with Gasteiger partial charge < -0.3 is 15.0 Å². The zero-order chi connectivity index (χ0) is 15.4. The molecule has 1 aromatic rings. The topological polar surface area (TPSA) is 58.6 Å². The van der Waals surface area contributed by atoms with Crippen LogP contribution in [0.25, 0.3) is 0 Å². The molecular formula is C16H22N2O3. The van der Waals surface area contributed by atoms with Crippen LogP contribution in [0.3, 0.4) is 0 Å². The maximum Gasteiger partial charge on any atom is 0.313 e. The summed E-state index contributed by atoms with van der Waals surface area (Å²) in [4.78, 5) is 25.9. The molecule has 0 aliphatic carbocycles. The second kappa shape index (κ2) is 6.72. The lowest BCUT2D eigenvalue weighted by atomic mass is 9.98. The predicted octanol–water partition coefficient (Wildman–Crippen LogP) is 1.92. The Kier molecular flexibility index (Phi) is 4.96. The van der Waals surface area contributed by atoms with Crippen LogP contribution >= 0.6 is 0 Å². The lowest BCUT2D eigenvalue weighted by molar-refractivity contribution is -0.145. The Morgan fingerprint density at radius 1 is 1.24 bits per heavy atom. The fraction of sp³-hybridized carbons (Fsp3) is 0.500. The summed E-state index contributed by atoms with van der Waals surface area (Å²) in [6, 6.07) is 5.87. The summed E-state index contributed by atoms with van der Waals surface area (Å²) in [6.07, 6.45) is 0. The molecule has 1 saturated heterocycles. The van der Waals surface area contributed by atoms with Crippen LogP contribution in [0.15, 0.2) is 18.2 Å². The number of anilines is 1. The standard InChI is InChI=1S/C16H22N2O3/c1-11(2)13-6-4-5-12(3)14(13)17-15(19)16(20)18-7-9-21-10-8-18/h4-6,11H,7-10H2,1-3H3,(H,17,19). The van der Waals surface area contributed by atoms with E-state index in [1.165, 1.54) is 4.90 Å². The van der Waals surface area contributed by atoms with Crippen molar-refractivity contribution in [3.05, 3.63) is 29.3 Å². The number of carbonyl (C=O) groups is 2. The van der Waals surface area contributed by atoms with Crippen LogP contribution in [0, 0.1) is 6.92 Å². The zero-order valence-corrected chi connectivity index (χ0v) is 12.8. The maximum atomic E-state index is 12.2. The molecular weight excluding hydrogens is 268 g/mol. The molecule has 0 saturated carbocycles. The van der Waals surface area contributed by atoms with E-state index in [-0.39, 0.29) is 5.92 Å². The third-order valence-corrected chi connectivity index (χ3v) is 3.66. The Morgan fingerprint density at radius 3 is 2.52 bits per heavy atom. The first kappa shape index (κ1) is 15.5. The molecule has 2 amide bonds. The van der Waals surface area contributed by atoms with E-state index in [1.807, 2.05) is 25.1 Å². The number of carbonyl (C=O) groups excluding carboxylic acids is 2. The van der Waals surface area contributed by atoms with Crippen LogP contribution in [0.2, 0.25) is 0 Å². The largest absolute Gasteiger partial charge is 0.378 e. The van der Waals surface area contributed by atoms with Gasteiger partial charge in [-0.1, -0.05) is 32.0 Å². The number of benzene rings is 1. The van der Waals surface area contributed by atoms with E-state index in [9.17, 15) is 9.59 Å². The first-order valence-electron chi connectivity index (χ1n) is 7.28. The number of nitrogens with zero attached hydrogens (tertiary/aromatic N) is 1. The third kappa shape index (κ3) is 3.61. The molecule has 0 aromatic heterocycles. The van der Waals surface area contributed by atoms with E-state index >= 15 is 0 Å². The minimum absolute atomic E-state index is 0.277. The molecule has 1 fully saturated rings. The third-order valence-electron chi connectivity index (χ3n) is 3.66. The molecule has 0 atom stereocenters. The number of aryl methyl sites for hydroxylation is 1. The van der Waals surface area contributed by atoms with Gasteiger partial charge in [-0.05, 0) is 24.0 Å². The van der Waals surface area contributed by atoms with Gasteiger partial charge in [-0.2, -0.15) is 0 Å². The number of rotatable bonds is 2. The van der Waals surface area contributed by atoms with Crippen molar-refractivity contribution in [1.82, 2.24) is 4.90 Å². The summed E-state index contributed by atoms with van der Waals surface area (Å²) in [5, 5.41) is 2.79. The molecule has 21 heavy (non-hydrogen) atoms. The van der Waals surface area contributed by atoms with Gasteiger partial charge in [-0.25, -0.2) is 0 Å². The van der Waals surface area contributed by atoms with Gasteiger partial charge in [0.1, 0.15) is 0 Å². The minimum Gasteiger partial charge on any atom is -0.378 e. The molecule has 1 heterocycles. The molecule has 2 rings (SSSR count). The van der Waals surface area contributed by atoms with Crippen LogP contribution in [-0.4, -0.2) is 43.0 Å². The SMILES string of the molecule is Cc1cccc(C(C)C)c1NC(=O)C(=O)N1CCOCC1. The van der Waals surface area contributed by atoms with Crippen molar-refractivity contribution in [2.75, 3.05) is 31.6 Å². The van der Waals surface area contributed by atoms with Crippen molar-refractivity contribution in [2.24, 2.45) is 0 Å². The molecule has 1 aromatic carbocycles. The Hall–Kier alpha value is -1.88. The van der Waals surface area contributed by atoms with Gasteiger partial charge in [0.05, 0.1) is 13.2 Å². The van der Waals surface area contributed by atoms with E-state index < -0.39 is 11.8 Å². The number of hydrogen-bond acceptors (Lipinski definition) is 3. The number of hydrogen-bond donors (Lipinski definition) is 1. The van der Waals surface area contributed by atoms with Gasteiger partial charge in [0, 0.05) is 18.8 Å². The van der Waals surface area contributed by atoms with E-state index in [2.05, 4.69) is 19.2 Å². The van der Waals surface area contributed by atoms with Crippen molar-refractivity contribution in [3.63, 3.8) is 0 Å². The van der Waals surface area contributed by atoms with Crippen molar-refractivity contribution in [3.8, 4) is 0 Å². The summed E-state index contributed by atoms with van der Waals surface area (Å²) in [5.74, 6) is -0.789. The second-order valence-electron chi connectivity index (χ2n) is 5.55. The molecule has 0 spiro atoms. The average molecular weight is 290 g/mol. The van der Waals surface area contributed by atoms with E-state index in [1.54, 1.807) is 0 Å². The van der Waals surface area contributed by atoms with Crippen molar-refractivity contribution >= 4 is 17.5 Å². The molecule has 114 valence electrons. The molecule has 1 N–H and O–H groups in total. The Balaban J connectivity index is 2.14. The Labute approximate surface area is 125 Å². The molecule has 5 heteroatoms. The van der Waals surface area contributed by atoms with E-state index in [0.29, 0.717) is 26.3 Å². The zero-order valence-electron chi connectivity index (χ0n) is 12.8. The van der Waals surface area contributed by atoms with Crippen molar-refractivity contribution in [1.29, 1.82) is 0 Å². The molecule has 0 unspecified atom stereocenters. The second-order valence-corrected chi connectivity index (χ2v) is 5.55. The first-order chi connectivity index (χ1) is 10.0. The highest BCUT2D eigenvalue weighted by atomic mass is 16.5. The molecule has 0 bridgehead atoms. The van der Waals surface area contributed by atoms with Crippen LogP contribution in [-0.2, 0) is 14.3 Å². The summed E-state index contributed by atoms with van der Waals surface area (Å²) in [7, 11) is 0. The monoisotopic (exact) mass is 290 g/mol. The summed E-state index contributed by atoms with van der Waals surface area (Å²) in [6.45, 7) is 7.97. The lowest BCUT2D eigenvalue weighted by Gasteiger charge is -2.26. The van der Waals surface area contributed by atoms with Gasteiger partial charge in [-0.3, -0.25) is 9.59 Å². The van der Waals surface area contributed by atoms with Gasteiger partial charge in [0.25, 0.3) is 0 Å². The van der Waals surface area contributed by atoms with Gasteiger partial charge in [0.15, 0.2) is 0 Å². The number of nitrogens with one attached hydrogen (secondary N) is 1. The highest BCUT2D eigenvalue weighted by Crippen LogP contribution is 2.27. The lowest BCUT2D eigenvalue weighted by Crippen LogP contribution is -2.46. The van der Waals surface area contributed by atoms with Gasteiger partial charge in [0.2, 0.25) is 0 Å². The van der Waals surface area contributed by atoms with Crippen LogP contribution < -0.4 is 5.32 Å². The summed E-state index contributed by atoms with van der Waals surface area (Å²) in [5.41, 5.74) is 2.75. The number of morpholine rings is 1. The van der Waals surface area contributed by atoms with E-state index in [4.69, 9.17) is 4.74 Å². The highest BCUT2D eigenvalue weighted by Gasteiger charge is 2.24. The quantitative estimate of drug-likeness (QED) is 0.847. The summed E-state index contributed by atoms with van der Waals surface area (Å²) < 4.78 is 5.19. The van der Waals surface area contributed by atoms with Crippen molar-refractivity contribution < 1.29 is 14.3 Å². The van der Waals surface area contributed by atoms with Gasteiger partial charge >= 0.3 is 11.8 Å². The molecule has 5 nitrogen and oxygen atoms in total. The summed E-state index contributed by atoms with van der Waals surface area (Å²) >= 11 is 0. The van der Waals surface area contributed by atoms with Crippen molar-refractivity contribution in [2.45, 2.75) is 26.7 Å². The average Bonchev–Trinajstić information content (AvgIpc) is 2.49. The van der Waals surface area contributed by atoms with Crippen LogP contribution in [0.1, 0.15) is 30.9 Å². The molecule has 1 aliphatic rings. The minimum atomic E-state index is -0.576. The number of para-hydroxylation sites is 1. The number of ether oxygens (including phenoxy) is 1.